The number of methoxy groups -OCH3 is 1. The maximum absolute atomic E-state index is 13.9. The van der Waals surface area contributed by atoms with E-state index in [9.17, 15) is 19.2 Å². The normalized spacial score (nSPS) is 18.6. The quantitative estimate of drug-likeness (QED) is 0.420. The van der Waals surface area contributed by atoms with E-state index < -0.39 is 41.6 Å². The van der Waals surface area contributed by atoms with Crippen molar-refractivity contribution < 1.29 is 33.4 Å². The molecule has 0 saturated carbocycles. The van der Waals surface area contributed by atoms with Crippen LogP contribution in [0.2, 0.25) is 0 Å². The fourth-order valence-electron chi connectivity index (χ4n) is 4.48. The number of nitrogens with one attached hydrogen (secondary N) is 1. The van der Waals surface area contributed by atoms with Gasteiger partial charge in [-0.1, -0.05) is 60.7 Å². The van der Waals surface area contributed by atoms with Crippen molar-refractivity contribution in [3.8, 4) is 0 Å². The topological polar surface area (TPSA) is 111 Å². The van der Waals surface area contributed by atoms with Gasteiger partial charge in [-0.3, -0.25) is 14.5 Å². The predicted molar refractivity (Wildman–Crippen MR) is 131 cm³/mol. The first-order valence-electron chi connectivity index (χ1n) is 11.8. The zero-order valence-corrected chi connectivity index (χ0v) is 20.8. The van der Waals surface area contributed by atoms with Gasteiger partial charge in [0.15, 0.2) is 6.04 Å². The Balaban J connectivity index is 1.89. The zero-order chi connectivity index (χ0) is 26.1. The van der Waals surface area contributed by atoms with Gasteiger partial charge in [0.1, 0.15) is 18.2 Å². The number of nitrogens with zero attached hydrogens (tertiary/aromatic N) is 1. The van der Waals surface area contributed by atoms with Gasteiger partial charge in [-0.15, -0.1) is 0 Å². The van der Waals surface area contributed by atoms with Crippen LogP contribution in [-0.2, 0) is 41.6 Å². The van der Waals surface area contributed by atoms with E-state index in [1.165, 1.54) is 25.9 Å². The molecule has 2 amide bonds. The van der Waals surface area contributed by atoms with E-state index in [1.54, 1.807) is 0 Å². The van der Waals surface area contributed by atoms with Gasteiger partial charge < -0.3 is 19.5 Å². The molecular weight excluding hydrogens is 464 g/mol. The molecule has 0 aliphatic carbocycles. The Hall–Kier alpha value is -3.88. The van der Waals surface area contributed by atoms with E-state index in [0.29, 0.717) is 19.4 Å². The summed E-state index contributed by atoms with van der Waals surface area (Å²) in [5.74, 6) is -1.91. The van der Waals surface area contributed by atoms with Gasteiger partial charge in [0, 0.05) is 19.9 Å². The maximum atomic E-state index is 13.9. The van der Waals surface area contributed by atoms with E-state index in [0.717, 1.165) is 11.1 Å². The number of likely N-dealkylation sites (tertiary alicyclic amines) is 1. The van der Waals surface area contributed by atoms with Gasteiger partial charge in [0.2, 0.25) is 5.91 Å². The number of benzene rings is 2. The van der Waals surface area contributed by atoms with Gasteiger partial charge in [-0.05, 0) is 30.9 Å². The van der Waals surface area contributed by atoms with Crippen molar-refractivity contribution in [2.24, 2.45) is 0 Å². The van der Waals surface area contributed by atoms with Crippen LogP contribution in [0.4, 0.5) is 4.79 Å². The molecule has 2 aromatic rings. The van der Waals surface area contributed by atoms with Crippen LogP contribution in [0.1, 0.15) is 37.8 Å². The van der Waals surface area contributed by atoms with Crippen LogP contribution >= 0.6 is 0 Å². The van der Waals surface area contributed by atoms with E-state index in [4.69, 9.17) is 14.2 Å². The average Bonchev–Trinajstić information content (AvgIpc) is 3.30. The molecule has 1 aliphatic heterocycles. The Kier molecular flexibility index (Phi) is 9.05. The molecule has 0 radical (unpaired) electrons. The van der Waals surface area contributed by atoms with E-state index >= 15 is 0 Å². The Labute approximate surface area is 210 Å². The molecule has 3 rings (SSSR count). The first-order chi connectivity index (χ1) is 17.3. The van der Waals surface area contributed by atoms with Crippen LogP contribution in [0, 0.1) is 0 Å². The van der Waals surface area contributed by atoms with Gasteiger partial charge in [0.25, 0.3) is 0 Å². The number of amides is 2. The molecule has 3 unspecified atom stereocenters. The molecule has 3 atom stereocenters. The third kappa shape index (κ3) is 6.41. The molecule has 192 valence electrons. The summed E-state index contributed by atoms with van der Waals surface area (Å²) in [6.45, 7) is 3.09. The molecule has 9 nitrogen and oxygen atoms in total. The second-order valence-electron chi connectivity index (χ2n) is 8.78. The van der Waals surface area contributed by atoms with Crippen LogP contribution in [-0.4, -0.2) is 60.2 Å². The van der Waals surface area contributed by atoms with E-state index in [1.807, 2.05) is 60.7 Å². The number of esters is 2. The Morgan fingerprint density at radius 2 is 1.61 bits per heavy atom. The fourth-order valence-corrected chi connectivity index (χ4v) is 4.48. The average molecular weight is 497 g/mol. The SMILES string of the molecule is COC(=O)C(NC(=O)C1(Cc2ccccc2)CCCN1C(=O)OCc1ccccc1)C(C)OC(C)=O. The molecule has 0 bridgehead atoms. The van der Waals surface area contributed by atoms with Gasteiger partial charge >= 0.3 is 18.0 Å². The summed E-state index contributed by atoms with van der Waals surface area (Å²) in [5.41, 5.74) is 0.360. The lowest BCUT2D eigenvalue weighted by Crippen LogP contribution is -2.62. The maximum Gasteiger partial charge on any atom is 0.411 e. The first-order valence-corrected chi connectivity index (χ1v) is 11.8. The van der Waals surface area contributed by atoms with E-state index in [2.05, 4.69) is 5.32 Å². The number of carbonyl (C=O) groups excluding carboxylic acids is 4. The summed E-state index contributed by atoms with van der Waals surface area (Å²) in [5, 5.41) is 2.69. The molecule has 1 saturated heterocycles. The van der Waals surface area contributed by atoms with Crippen molar-refractivity contribution >= 4 is 23.9 Å². The second-order valence-corrected chi connectivity index (χ2v) is 8.78. The molecular formula is C27H32N2O7. The summed E-state index contributed by atoms with van der Waals surface area (Å²) in [4.78, 5) is 52.5. The lowest BCUT2D eigenvalue weighted by Gasteiger charge is -2.38. The number of rotatable bonds is 9. The molecule has 1 heterocycles. The fraction of sp³-hybridized carbons (Fsp3) is 0.407. The highest BCUT2D eigenvalue weighted by atomic mass is 16.6. The van der Waals surface area contributed by atoms with Crippen LogP contribution in [0.25, 0.3) is 0 Å². The molecule has 1 aliphatic rings. The summed E-state index contributed by atoms with van der Waals surface area (Å²) in [7, 11) is 1.19. The third-order valence-electron chi connectivity index (χ3n) is 6.24. The van der Waals surface area contributed by atoms with Crippen molar-refractivity contribution in [3.63, 3.8) is 0 Å². The summed E-state index contributed by atoms with van der Waals surface area (Å²) < 4.78 is 15.6. The monoisotopic (exact) mass is 496 g/mol. The summed E-state index contributed by atoms with van der Waals surface area (Å²) >= 11 is 0. The molecule has 9 heteroatoms. The van der Waals surface area contributed by atoms with Crippen molar-refractivity contribution in [1.82, 2.24) is 10.2 Å². The lowest BCUT2D eigenvalue weighted by atomic mass is 9.86. The number of carbonyl (C=O) groups is 4. The zero-order valence-electron chi connectivity index (χ0n) is 20.8. The van der Waals surface area contributed by atoms with Crippen molar-refractivity contribution in [3.05, 3.63) is 71.8 Å². The number of hydrogen-bond donors (Lipinski definition) is 1. The van der Waals surface area contributed by atoms with Crippen molar-refractivity contribution in [1.29, 1.82) is 0 Å². The van der Waals surface area contributed by atoms with E-state index in [-0.39, 0.29) is 13.0 Å². The summed E-state index contributed by atoms with van der Waals surface area (Å²) in [6.07, 6.45) is -0.444. The summed E-state index contributed by atoms with van der Waals surface area (Å²) in [6, 6.07) is 17.3. The minimum Gasteiger partial charge on any atom is -0.467 e. The molecule has 0 spiro atoms. The van der Waals surface area contributed by atoms with Crippen LogP contribution in [0.15, 0.2) is 60.7 Å². The smallest absolute Gasteiger partial charge is 0.411 e. The highest BCUT2D eigenvalue weighted by Crippen LogP contribution is 2.34. The predicted octanol–water partition coefficient (Wildman–Crippen LogP) is 3.01. The Morgan fingerprint density at radius 1 is 1.00 bits per heavy atom. The van der Waals surface area contributed by atoms with Crippen LogP contribution in [0.5, 0.6) is 0 Å². The van der Waals surface area contributed by atoms with Gasteiger partial charge in [0.05, 0.1) is 7.11 Å². The standard InChI is InChI=1S/C27H32N2O7/c1-19(36-20(2)30)23(24(31)34-3)28-25(32)27(17-21-11-6-4-7-12-21)15-10-16-29(27)26(33)35-18-22-13-8-5-9-14-22/h4-9,11-14,19,23H,10,15-18H2,1-3H3,(H,28,32). The number of hydrogen-bond acceptors (Lipinski definition) is 7. The Morgan fingerprint density at radius 3 is 2.19 bits per heavy atom. The molecule has 2 aromatic carbocycles. The second kappa shape index (κ2) is 12.2. The highest BCUT2D eigenvalue weighted by Gasteiger charge is 2.51. The molecule has 0 aromatic heterocycles. The minimum atomic E-state index is -1.31. The largest absolute Gasteiger partial charge is 0.467 e. The lowest BCUT2D eigenvalue weighted by molar-refractivity contribution is -0.157. The van der Waals surface area contributed by atoms with Gasteiger partial charge in [-0.25, -0.2) is 9.59 Å². The minimum absolute atomic E-state index is 0.0630. The van der Waals surface area contributed by atoms with Crippen LogP contribution < -0.4 is 5.32 Å². The Bertz CT molecular complexity index is 1060. The molecule has 1 N–H and O–H groups in total. The van der Waals surface area contributed by atoms with Crippen LogP contribution in [0.3, 0.4) is 0 Å². The van der Waals surface area contributed by atoms with Crippen molar-refractivity contribution in [2.45, 2.75) is 57.4 Å². The van der Waals surface area contributed by atoms with Crippen molar-refractivity contribution in [2.75, 3.05) is 13.7 Å². The first kappa shape index (κ1) is 26.7. The highest BCUT2D eigenvalue weighted by molar-refractivity contribution is 5.94. The molecule has 36 heavy (non-hydrogen) atoms. The third-order valence-corrected chi connectivity index (χ3v) is 6.24. The van der Waals surface area contributed by atoms with Gasteiger partial charge in [-0.2, -0.15) is 0 Å². The molecule has 1 fully saturated rings. The number of ether oxygens (including phenoxy) is 3.